The fourth-order valence-corrected chi connectivity index (χ4v) is 6.18. The van der Waals surface area contributed by atoms with E-state index in [-0.39, 0.29) is 17.4 Å². The molecular weight excluding hydrogens is 612 g/mol. The lowest BCUT2D eigenvalue weighted by Crippen LogP contribution is -2.40. The Morgan fingerprint density at radius 1 is 1.22 bits per heavy atom. The molecule has 0 saturated heterocycles. The van der Waals surface area contributed by atoms with Crippen LogP contribution in [0.5, 0.6) is 11.5 Å². The highest BCUT2D eigenvalue weighted by atomic mass is 79.9. The minimum absolute atomic E-state index is 0.0769. The number of allylic oxidation sites excluding steroid dienone is 1. The van der Waals surface area contributed by atoms with E-state index in [2.05, 4.69) is 36.9 Å². The van der Waals surface area contributed by atoms with Gasteiger partial charge in [-0.2, -0.15) is 0 Å². The minimum atomic E-state index is -0.705. The van der Waals surface area contributed by atoms with E-state index >= 15 is 0 Å². The molecule has 0 bridgehead atoms. The second kappa shape index (κ2) is 10.7. The van der Waals surface area contributed by atoms with E-state index in [0.29, 0.717) is 47.5 Å². The monoisotopic (exact) mass is 634 g/mol. The van der Waals surface area contributed by atoms with Crippen molar-refractivity contribution in [2.75, 3.05) is 6.61 Å². The van der Waals surface area contributed by atoms with Crippen molar-refractivity contribution in [3.63, 3.8) is 0 Å². The van der Waals surface area contributed by atoms with E-state index in [1.165, 1.54) is 11.3 Å². The zero-order valence-corrected chi connectivity index (χ0v) is 24.0. The Morgan fingerprint density at radius 3 is 2.44 bits per heavy atom. The maximum Gasteiger partial charge on any atom is 0.338 e. The van der Waals surface area contributed by atoms with Crippen molar-refractivity contribution >= 4 is 55.2 Å². The summed E-state index contributed by atoms with van der Waals surface area (Å²) in [6, 6.07) is 10.1. The molecule has 3 aromatic rings. The van der Waals surface area contributed by atoms with Gasteiger partial charge in [-0.25, -0.2) is 9.79 Å². The highest BCUT2D eigenvalue weighted by Crippen LogP contribution is 2.34. The van der Waals surface area contributed by atoms with Crippen LogP contribution in [0.3, 0.4) is 0 Å². The van der Waals surface area contributed by atoms with Crippen molar-refractivity contribution < 1.29 is 19.4 Å². The lowest BCUT2D eigenvalue weighted by atomic mass is 9.96. The van der Waals surface area contributed by atoms with E-state index in [9.17, 15) is 14.7 Å². The van der Waals surface area contributed by atoms with E-state index in [1.807, 2.05) is 31.2 Å². The van der Waals surface area contributed by atoms with E-state index in [0.717, 1.165) is 5.56 Å². The molecule has 1 atom stereocenters. The summed E-state index contributed by atoms with van der Waals surface area (Å²) in [5.74, 6) is 0.267. The molecule has 4 rings (SSSR count). The SMILES string of the molecule is CCOc1ccc([C@H]2C(C(=O)OC(C)C)=C(C)N=c3s/c(=C/c4cc(Br)c(O)c(Br)c4)c(=O)n32)cc1. The van der Waals surface area contributed by atoms with Crippen LogP contribution in [-0.4, -0.2) is 28.4 Å². The number of phenols is 1. The number of phenolic OH excluding ortho intramolecular Hbond substituents is 1. The van der Waals surface area contributed by atoms with Gasteiger partial charge in [-0.05, 0) is 101 Å². The molecule has 0 fully saturated rings. The Labute approximate surface area is 228 Å². The summed E-state index contributed by atoms with van der Waals surface area (Å²) >= 11 is 7.89. The predicted octanol–water partition coefficient (Wildman–Crippen LogP) is 4.82. The number of halogens is 2. The number of rotatable bonds is 6. The standard InChI is InChI=1S/C26H24Br2N2O5S/c1-5-34-17-8-6-16(7-9-17)22-21(25(33)35-13(2)3)14(4)29-26-30(22)24(32)20(36-26)12-15-10-18(27)23(31)19(28)11-15/h6-13,22,31H,5H2,1-4H3/b20-12+/t22-/m0/s1. The van der Waals surface area contributed by atoms with Crippen molar-refractivity contribution in [2.45, 2.75) is 39.8 Å². The third kappa shape index (κ3) is 5.21. The number of carbonyl (C=O) groups excluding carboxylic acids is 1. The van der Waals surface area contributed by atoms with Gasteiger partial charge in [0, 0.05) is 0 Å². The third-order valence-corrected chi connectivity index (χ3v) is 7.62. The fraction of sp³-hybridized carbons (Fsp3) is 0.269. The first kappa shape index (κ1) is 26.4. The predicted molar refractivity (Wildman–Crippen MR) is 146 cm³/mol. The summed E-state index contributed by atoms with van der Waals surface area (Å²) < 4.78 is 14.1. The van der Waals surface area contributed by atoms with Gasteiger partial charge in [0.2, 0.25) is 0 Å². The summed E-state index contributed by atoms with van der Waals surface area (Å²) in [4.78, 5) is 32.0. The average Bonchev–Trinajstić information content (AvgIpc) is 3.11. The molecule has 1 aliphatic heterocycles. The number of thiazole rings is 1. The highest BCUT2D eigenvalue weighted by Gasteiger charge is 2.33. The molecule has 2 heterocycles. The van der Waals surface area contributed by atoms with Crippen LogP contribution in [0.25, 0.3) is 6.08 Å². The van der Waals surface area contributed by atoms with Gasteiger partial charge >= 0.3 is 5.97 Å². The molecule has 10 heteroatoms. The van der Waals surface area contributed by atoms with Crippen molar-refractivity contribution in [1.82, 2.24) is 4.57 Å². The number of hydrogen-bond donors (Lipinski definition) is 1. The third-order valence-electron chi connectivity index (χ3n) is 5.43. The second-order valence-corrected chi connectivity index (χ2v) is 11.1. The van der Waals surface area contributed by atoms with Crippen LogP contribution in [0.4, 0.5) is 0 Å². The van der Waals surface area contributed by atoms with Crippen molar-refractivity contribution in [3.8, 4) is 11.5 Å². The molecule has 0 aliphatic carbocycles. The fourth-order valence-electron chi connectivity index (χ4n) is 3.91. The number of esters is 1. The van der Waals surface area contributed by atoms with E-state index in [1.54, 1.807) is 43.5 Å². The van der Waals surface area contributed by atoms with Crippen molar-refractivity contribution in [1.29, 1.82) is 0 Å². The molecule has 0 spiro atoms. The molecule has 2 aromatic carbocycles. The van der Waals surface area contributed by atoms with Crippen LogP contribution >= 0.6 is 43.2 Å². The lowest BCUT2D eigenvalue weighted by Gasteiger charge is -2.25. The van der Waals surface area contributed by atoms with Crippen LogP contribution in [-0.2, 0) is 9.53 Å². The highest BCUT2D eigenvalue weighted by molar-refractivity contribution is 9.11. The number of aromatic nitrogens is 1. The van der Waals surface area contributed by atoms with Crippen LogP contribution in [0.1, 0.15) is 44.9 Å². The normalized spacial score (nSPS) is 15.6. The topological polar surface area (TPSA) is 90.1 Å². The number of nitrogens with zero attached hydrogens (tertiary/aromatic N) is 2. The van der Waals surface area contributed by atoms with Gasteiger partial charge in [0.05, 0.1) is 43.5 Å². The van der Waals surface area contributed by atoms with Crippen LogP contribution in [0.15, 0.2) is 66.4 Å². The van der Waals surface area contributed by atoms with Crippen LogP contribution < -0.4 is 19.6 Å². The minimum Gasteiger partial charge on any atom is -0.506 e. The number of benzene rings is 2. The first-order chi connectivity index (χ1) is 17.1. The van der Waals surface area contributed by atoms with E-state index < -0.39 is 12.0 Å². The summed E-state index contributed by atoms with van der Waals surface area (Å²) in [6.45, 7) is 7.75. The molecule has 1 N–H and O–H groups in total. The smallest absolute Gasteiger partial charge is 0.338 e. The molecule has 0 radical (unpaired) electrons. The molecular formula is C26H24Br2N2O5S. The quantitative estimate of drug-likeness (QED) is 0.393. The van der Waals surface area contributed by atoms with Gasteiger partial charge in [0.1, 0.15) is 11.5 Å². The molecule has 7 nitrogen and oxygen atoms in total. The van der Waals surface area contributed by atoms with Gasteiger partial charge in [0.15, 0.2) is 4.80 Å². The van der Waals surface area contributed by atoms with Gasteiger partial charge < -0.3 is 14.6 Å². The number of hydrogen-bond acceptors (Lipinski definition) is 7. The Bertz CT molecular complexity index is 1510. The first-order valence-electron chi connectivity index (χ1n) is 11.2. The Morgan fingerprint density at radius 2 is 1.86 bits per heavy atom. The Hall–Kier alpha value is -2.69. The van der Waals surface area contributed by atoms with Gasteiger partial charge in [-0.1, -0.05) is 23.5 Å². The van der Waals surface area contributed by atoms with Crippen LogP contribution in [0, 0.1) is 0 Å². The summed E-state index contributed by atoms with van der Waals surface area (Å²) in [5.41, 5.74) is 2.00. The maximum atomic E-state index is 13.7. The molecule has 1 aromatic heterocycles. The lowest BCUT2D eigenvalue weighted by molar-refractivity contribution is -0.143. The molecule has 36 heavy (non-hydrogen) atoms. The summed E-state index contributed by atoms with van der Waals surface area (Å²) in [6.07, 6.45) is 1.41. The van der Waals surface area contributed by atoms with Gasteiger partial charge in [0.25, 0.3) is 5.56 Å². The number of ether oxygens (including phenoxy) is 2. The molecule has 0 unspecified atom stereocenters. The second-order valence-electron chi connectivity index (χ2n) is 8.37. The summed E-state index contributed by atoms with van der Waals surface area (Å²) in [5, 5.41) is 10.0. The first-order valence-corrected chi connectivity index (χ1v) is 13.6. The maximum absolute atomic E-state index is 13.7. The zero-order chi connectivity index (χ0) is 26.1. The van der Waals surface area contributed by atoms with Gasteiger partial charge in [-0.15, -0.1) is 0 Å². The Balaban J connectivity index is 1.92. The number of carbonyl (C=O) groups is 1. The Kier molecular flexibility index (Phi) is 7.87. The van der Waals surface area contributed by atoms with Crippen molar-refractivity contribution in [2.24, 2.45) is 4.99 Å². The number of aromatic hydroxyl groups is 1. The average molecular weight is 636 g/mol. The number of fused-ring (bicyclic) bond motifs is 1. The molecule has 188 valence electrons. The zero-order valence-electron chi connectivity index (χ0n) is 20.0. The summed E-state index contributed by atoms with van der Waals surface area (Å²) in [7, 11) is 0. The largest absolute Gasteiger partial charge is 0.506 e. The molecule has 1 aliphatic rings. The molecule has 0 saturated carbocycles. The molecule has 0 amide bonds. The van der Waals surface area contributed by atoms with Gasteiger partial charge in [-0.3, -0.25) is 9.36 Å². The van der Waals surface area contributed by atoms with E-state index in [4.69, 9.17) is 9.47 Å². The van der Waals surface area contributed by atoms with Crippen LogP contribution in [0.2, 0.25) is 0 Å². The van der Waals surface area contributed by atoms with Crippen molar-refractivity contribution in [3.05, 3.63) is 87.4 Å².